The van der Waals surface area contributed by atoms with Gasteiger partial charge >= 0.3 is 6.03 Å². The lowest BCUT2D eigenvalue weighted by atomic mass is 9.93. The summed E-state index contributed by atoms with van der Waals surface area (Å²) in [6, 6.07) is 5.62. The molecule has 1 heterocycles. The Morgan fingerprint density at radius 1 is 1.52 bits per heavy atom. The second-order valence-corrected chi connectivity index (χ2v) is 6.74. The summed E-state index contributed by atoms with van der Waals surface area (Å²) in [5, 5.41) is 3.57. The number of nitrogens with one attached hydrogen (secondary N) is 1. The van der Waals surface area contributed by atoms with Crippen molar-refractivity contribution >= 4 is 23.3 Å². The molecular formula is C17H26ClN3O2. The van der Waals surface area contributed by atoms with Crippen LogP contribution in [0.3, 0.4) is 0 Å². The van der Waals surface area contributed by atoms with Crippen molar-refractivity contribution in [1.29, 1.82) is 0 Å². The van der Waals surface area contributed by atoms with Crippen molar-refractivity contribution in [3.05, 3.63) is 28.8 Å². The van der Waals surface area contributed by atoms with Gasteiger partial charge < -0.3 is 19.9 Å². The topological polar surface area (TPSA) is 44.8 Å². The van der Waals surface area contributed by atoms with Gasteiger partial charge in [-0.05, 0) is 38.1 Å². The van der Waals surface area contributed by atoms with Crippen LogP contribution < -0.4 is 5.32 Å². The third-order valence-electron chi connectivity index (χ3n) is 4.53. The largest absolute Gasteiger partial charge is 0.380 e. The summed E-state index contributed by atoms with van der Waals surface area (Å²) < 4.78 is 5.18. The third kappa shape index (κ3) is 4.37. The molecule has 1 saturated heterocycles. The van der Waals surface area contributed by atoms with E-state index in [0.717, 1.165) is 25.1 Å². The molecule has 0 aliphatic carbocycles. The molecule has 6 heteroatoms. The zero-order valence-electron chi connectivity index (χ0n) is 14.3. The molecule has 1 aromatic carbocycles. The maximum absolute atomic E-state index is 12.6. The fourth-order valence-corrected chi connectivity index (χ4v) is 3.47. The van der Waals surface area contributed by atoms with E-state index in [1.165, 1.54) is 0 Å². The predicted octanol–water partition coefficient (Wildman–Crippen LogP) is 3.29. The van der Waals surface area contributed by atoms with Crippen LogP contribution in [0.1, 0.15) is 18.9 Å². The van der Waals surface area contributed by atoms with E-state index in [1.54, 1.807) is 13.2 Å². The Hall–Kier alpha value is -1.30. The van der Waals surface area contributed by atoms with Gasteiger partial charge in [-0.15, -0.1) is 0 Å². The Morgan fingerprint density at radius 3 is 2.91 bits per heavy atom. The van der Waals surface area contributed by atoms with E-state index in [-0.39, 0.29) is 12.1 Å². The average Bonchev–Trinajstić information content (AvgIpc) is 2.50. The van der Waals surface area contributed by atoms with Crippen LogP contribution in [0.2, 0.25) is 5.02 Å². The minimum absolute atomic E-state index is 0.106. The van der Waals surface area contributed by atoms with Gasteiger partial charge in [0.05, 0.1) is 6.61 Å². The molecule has 2 rings (SSSR count). The van der Waals surface area contributed by atoms with Crippen molar-refractivity contribution in [3.63, 3.8) is 0 Å². The van der Waals surface area contributed by atoms with Crippen LogP contribution in [0.4, 0.5) is 10.5 Å². The molecule has 1 aromatic rings. The first-order chi connectivity index (χ1) is 10.9. The lowest BCUT2D eigenvalue weighted by Crippen LogP contribution is -2.50. The Labute approximate surface area is 143 Å². The first-order valence-corrected chi connectivity index (χ1v) is 8.30. The zero-order chi connectivity index (χ0) is 17.0. The smallest absolute Gasteiger partial charge is 0.321 e. The number of carbonyl (C=O) groups is 1. The van der Waals surface area contributed by atoms with Gasteiger partial charge in [-0.25, -0.2) is 4.79 Å². The first kappa shape index (κ1) is 18.0. The van der Waals surface area contributed by atoms with Gasteiger partial charge in [-0.1, -0.05) is 24.6 Å². The van der Waals surface area contributed by atoms with Crippen LogP contribution in [0.15, 0.2) is 18.2 Å². The van der Waals surface area contributed by atoms with E-state index in [1.807, 2.05) is 24.1 Å². The van der Waals surface area contributed by atoms with Crippen LogP contribution in [-0.4, -0.2) is 56.2 Å². The molecule has 2 amide bonds. The number of hydrogen-bond donors (Lipinski definition) is 1. The highest BCUT2D eigenvalue weighted by atomic mass is 35.5. The summed E-state index contributed by atoms with van der Waals surface area (Å²) in [7, 11) is 5.60. The standard InChI is InChI=1S/C17H26ClN3O2/c1-12-10-20(2)9-8-16(12)21(3)17(22)19-15-7-5-6-14(18)13(15)11-23-4/h5-7,12,16H,8-11H2,1-4H3,(H,19,22)/t12-,16+/m0/s1. The van der Waals surface area contributed by atoms with Crippen LogP contribution in [0.25, 0.3) is 0 Å². The number of hydrogen-bond acceptors (Lipinski definition) is 3. The predicted molar refractivity (Wildman–Crippen MR) is 94.0 cm³/mol. The molecule has 0 unspecified atom stereocenters. The average molecular weight is 340 g/mol. The fraction of sp³-hybridized carbons (Fsp3) is 0.588. The number of piperidine rings is 1. The Kier molecular flexibility index (Phi) is 6.27. The lowest BCUT2D eigenvalue weighted by molar-refractivity contribution is 0.113. The molecular weight excluding hydrogens is 314 g/mol. The Balaban J connectivity index is 2.08. The number of anilines is 1. The van der Waals surface area contributed by atoms with Crippen molar-refractivity contribution in [2.45, 2.75) is 26.0 Å². The van der Waals surface area contributed by atoms with E-state index in [0.29, 0.717) is 23.2 Å². The maximum atomic E-state index is 12.6. The highest BCUT2D eigenvalue weighted by Crippen LogP contribution is 2.26. The molecule has 0 saturated carbocycles. The highest BCUT2D eigenvalue weighted by molar-refractivity contribution is 6.31. The number of carbonyl (C=O) groups excluding carboxylic acids is 1. The zero-order valence-corrected chi connectivity index (χ0v) is 15.1. The van der Waals surface area contributed by atoms with Gasteiger partial charge in [-0.2, -0.15) is 0 Å². The normalized spacial score (nSPS) is 22.0. The summed E-state index contributed by atoms with van der Waals surface area (Å²) in [5.74, 6) is 0.447. The summed E-state index contributed by atoms with van der Waals surface area (Å²) in [4.78, 5) is 16.7. The lowest BCUT2D eigenvalue weighted by Gasteiger charge is -2.39. The molecule has 0 bridgehead atoms. The monoisotopic (exact) mass is 339 g/mol. The van der Waals surface area contributed by atoms with Crippen LogP contribution in [-0.2, 0) is 11.3 Å². The molecule has 1 fully saturated rings. The molecule has 0 spiro atoms. The van der Waals surface area contributed by atoms with Gasteiger partial charge in [-0.3, -0.25) is 0 Å². The van der Waals surface area contributed by atoms with Crippen LogP contribution in [0.5, 0.6) is 0 Å². The molecule has 0 aromatic heterocycles. The molecule has 1 N–H and O–H groups in total. The van der Waals surface area contributed by atoms with Crippen molar-refractivity contribution in [1.82, 2.24) is 9.80 Å². The maximum Gasteiger partial charge on any atom is 0.321 e. The van der Waals surface area contributed by atoms with Gasteiger partial charge in [0.15, 0.2) is 0 Å². The molecule has 1 aliphatic rings. The minimum Gasteiger partial charge on any atom is -0.380 e. The second kappa shape index (κ2) is 7.99. The van der Waals surface area contributed by atoms with Gasteiger partial charge in [0, 0.05) is 43.0 Å². The molecule has 5 nitrogen and oxygen atoms in total. The Bertz CT molecular complexity index is 553. The number of methoxy groups -OCH3 is 1. The number of likely N-dealkylation sites (tertiary alicyclic amines) is 1. The molecule has 2 atom stereocenters. The number of ether oxygens (including phenoxy) is 1. The molecule has 23 heavy (non-hydrogen) atoms. The molecule has 128 valence electrons. The number of rotatable bonds is 4. The van der Waals surface area contributed by atoms with Gasteiger partial charge in [0.1, 0.15) is 0 Å². The van der Waals surface area contributed by atoms with E-state index in [2.05, 4.69) is 24.2 Å². The highest BCUT2D eigenvalue weighted by Gasteiger charge is 2.30. The van der Waals surface area contributed by atoms with Crippen molar-refractivity contribution in [3.8, 4) is 0 Å². The second-order valence-electron chi connectivity index (χ2n) is 6.34. The number of amides is 2. The van der Waals surface area contributed by atoms with Crippen LogP contribution >= 0.6 is 11.6 Å². The quantitative estimate of drug-likeness (QED) is 0.915. The summed E-state index contributed by atoms with van der Waals surface area (Å²) in [6.07, 6.45) is 0.988. The van der Waals surface area contributed by atoms with Crippen molar-refractivity contribution in [2.24, 2.45) is 5.92 Å². The molecule has 1 aliphatic heterocycles. The summed E-state index contributed by atoms with van der Waals surface area (Å²) in [6.45, 7) is 4.58. The first-order valence-electron chi connectivity index (χ1n) is 7.92. The third-order valence-corrected chi connectivity index (χ3v) is 4.88. The van der Waals surface area contributed by atoms with Gasteiger partial charge in [0.2, 0.25) is 0 Å². The summed E-state index contributed by atoms with van der Waals surface area (Å²) >= 11 is 6.21. The number of nitrogens with zero attached hydrogens (tertiary/aromatic N) is 2. The fourth-order valence-electron chi connectivity index (χ4n) is 3.24. The summed E-state index contributed by atoms with van der Waals surface area (Å²) in [5.41, 5.74) is 1.51. The number of urea groups is 1. The Morgan fingerprint density at radius 2 is 2.26 bits per heavy atom. The van der Waals surface area contributed by atoms with E-state index >= 15 is 0 Å². The molecule has 0 radical (unpaired) electrons. The SMILES string of the molecule is COCc1c(Cl)cccc1NC(=O)N(C)[C@@H]1CCN(C)C[C@@H]1C. The number of halogens is 1. The van der Waals surface area contributed by atoms with Crippen molar-refractivity contribution in [2.75, 3.05) is 39.6 Å². The number of benzene rings is 1. The van der Waals surface area contributed by atoms with E-state index in [4.69, 9.17) is 16.3 Å². The minimum atomic E-state index is -0.106. The van der Waals surface area contributed by atoms with Crippen molar-refractivity contribution < 1.29 is 9.53 Å². The van der Waals surface area contributed by atoms with E-state index in [9.17, 15) is 4.79 Å². The van der Waals surface area contributed by atoms with E-state index < -0.39 is 0 Å². The van der Waals surface area contributed by atoms with Gasteiger partial charge in [0.25, 0.3) is 0 Å². The van der Waals surface area contributed by atoms with Crippen LogP contribution in [0, 0.1) is 5.92 Å².